The number of aromatic nitrogens is 2. The van der Waals surface area contributed by atoms with Crippen molar-refractivity contribution in [3.05, 3.63) is 66.0 Å². The van der Waals surface area contributed by atoms with E-state index in [4.69, 9.17) is 0 Å². The summed E-state index contributed by atoms with van der Waals surface area (Å²) in [6, 6.07) is 18.5. The van der Waals surface area contributed by atoms with Crippen LogP contribution in [-0.4, -0.2) is 28.7 Å². The predicted molar refractivity (Wildman–Crippen MR) is 108 cm³/mol. The van der Waals surface area contributed by atoms with Crippen LogP contribution >= 0.6 is 0 Å². The molecule has 5 nitrogen and oxygen atoms in total. The number of hydrogen-bond donors (Lipinski definition) is 2. The van der Waals surface area contributed by atoms with Gasteiger partial charge in [-0.1, -0.05) is 48.9 Å². The van der Waals surface area contributed by atoms with Crippen LogP contribution in [0.1, 0.15) is 30.7 Å². The molecule has 140 valence electrons. The van der Waals surface area contributed by atoms with Gasteiger partial charge in [0.1, 0.15) is 5.82 Å². The molecule has 2 aromatic carbocycles. The molecular weight excluding hydrogens is 336 g/mol. The summed E-state index contributed by atoms with van der Waals surface area (Å²) in [5.41, 5.74) is 3.54. The molecule has 0 atom stereocenters. The fraction of sp³-hybridized carbons (Fsp3) is 0.364. The van der Waals surface area contributed by atoms with Gasteiger partial charge in [0, 0.05) is 25.0 Å². The second-order valence-corrected chi connectivity index (χ2v) is 7.41. The predicted octanol–water partition coefficient (Wildman–Crippen LogP) is 3.77. The SMILES string of the molecule is Cc1nc2ccccc2n1CCNC(=O)NCC1(c2ccccc2)CCC1. The zero-order chi connectivity index (χ0) is 18.7. The maximum Gasteiger partial charge on any atom is 0.314 e. The first-order chi connectivity index (χ1) is 13.2. The summed E-state index contributed by atoms with van der Waals surface area (Å²) in [5.74, 6) is 0.968. The molecule has 1 fully saturated rings. The fourth-order valence-corrected chi connectivity index (χ4v) is 4.03. The second-order valence-electron chi connectivity index (χ2n) is 7.41. The van der Waals surface area contributed by atoms with Crippen molar-refractivity contribution in [2.75, 3.05) is 13.1 Å². The molecule has 1 heterocycles. The number of rotatable bonds is 6. The van der Waals surface area contributed by atoms with Gasteiger partial charge in [-0.2, -0.15) is 0 Å². The summed E-state index contributed by atoms with van der Waals surface area (Å²) in [4.78, 5) is 16.9. The number of aryl methyl sites for hydroxylation is 1. The molecule has 0 spiro atoms. The lowest BCUT2D eigenvalue weighted by atomic mass is 9.64. The molecule has 3 aromatic rings. The van der Waals surface area contributed by atoms with E-state index in [1.165, 1.54) is 12.0 Å². The molecule has 0 bridgehead atoms. The molecule has 2 N–H and O–H groups in total. The van der Waals surface area contributed by atoms with Crippen molar-refractivity contribution in [3.8, 4) is 0 Å². The highest BCUT2D eigenvalue weighted by Gasteiger charge is 2.38. The minimum absolute atomic E-state index is 0.0979. The van der Waals surface area contributed by atoms with Gasteiger partial charge in [0.15, 0.2) is 0 Å². The van der Waals surface area contributed by atoms with Crippen LogP contribution in [0.5, 0.6) is 0 Å². The van der Waals surface area contributed by atoms with E-state index >= 15 is 0 Å². The highest BCUT2D eigenvalue weighted by molar-refractivity contribution is 5.76. The van der Waals surface area contributed by atoms with E-state index in [0.717, 1.165) is 29.7 Å². The topological polar surface area (TPSA) is 59.0 Å². The van der Waals surface area contributed by atoms with Crippen molar-refractivity contribution in [3.63, 3.8) is 0 Å². The molecule has 4 rings (SSSR count). The molecule has 1 aliphatic rings. The Bertz CT molecular complexity index is 928. The zero-order valence-electron chi connectivity index (χ0n) is 15.7. The van der Waals surface area contributed by atoms with Crippen LogP contribution in [0.15, 0.2) is 54.6 Å². The zero-order valence-corrected chi connectivity index (χ0v) is 15.7. The quantitative estimate of drug-likeness (QED) is 0.701. The number of carbonyl (C=O) groups excluding carboxylic acids is 1. The Morgan fingerprint density at radius 2 is 1.81 bits per heavy atom. The van der Waals surface area contributed by atoms with Crippen molar-refractivity contribution in [1.29, 1.82) is 0 Å². The molecule has 5 heteroatoms. The first-order valence-corrected chi connectivity index (χ1v) is 9.67. The molecule has 0 aliphatic heterocycles. The van der Waals surface area contributed by atoms with Crippen molar-refractivity contribution < 1.29 is 4.79 Å². The number of fused-ring (bicyclic) bond motifs is 1. The molecule has 1 aromatic heterocycles. The average Bonchev–Trinajstić information content (AvgIpc) is 2.97. The van der Waals surface area contributed by atoms with Crippen molar-refractivity contribution in [1.82, 2.24) is 20.2 Å². The molecule has 2 amide bonds. The van der Waals surface area contributed by atoms with Crippen LogP contribution in [0.3, 0.4) is 0 Å². The van der Waals surface area contributed by atoms with Gasteiger partial charge in [-0.05, 0) is 37.5 Å². The Morgan fingerprint density at radius 3 is 2.56 bits per heavy atom. The van der Waals surface area contributed by atoms with E-state index in [9.17, 15) is 4.79 Å². The lowest BCUT2D eigenvalue weighted by Gasteiger charge is -2.42. The molecule has 27 heavy (non-hydrogen) atoms. The maximum absolute atomic E-state index is 12.3. The van der Waals surface area contributed by atoms with Crippen LogP contribution < -0.4 is 10.6 Å². The first kappa shape index (κ1) is 17.6. The molecule has 1 saturated carbocycles. The van der Waals surface area contributed by atoms with E-state index in [-0.39, 0.29) is 11.4 Å². The summed E-state index contributed by atoms with van der Waals surface area (Å²) >= 11 is 0. The van der Waals surface area contributed by atoms with Gasteiger partial charge in [0.25, 0.3) is 0 Å². The van der Waals surface area contributed by atoms with E-state index < -0.39 is 0 Å². The lowest BCUT2D eigenvalue weighted by Crippen LogP contribution is -2.48. The number of para-hydroxylation sites is 2. The van der Waals surface area contributed by atoms with Gasteiger partial charge in [-0.15, -0.1) is 0 Å². The maximum atomic E-state index is 12.3. The van der Waals surface area contributed by atoms with Crippen molar-refractivity contribution >= 4 is 17.1 Å². The summed E-state index contributed by atoms with van der Waals surface area (Å²) < 4.78 is 2.15. The summed E-state index contributed by atoms with van der Waals surface area (Å²) in [6.07, 6.45) is 3.50. The molecule has 0 unspecified atom stereocenters. The number of benzene rings is 2. The molecule has 0 radical (unpaired) electrons. The largest absolute Gasteiger partial charge is 0.337 e. The minimum atomic E-state index is -0.0979. The van der Waals surface area contributed by atoms with Crippen molar-refractivity contribution in [2.24, 2.45) is 0 Å². The highest BCUT2D eigenvalue weighted by Crippen LogP contribution is 2.43. The van der Waals surface area contributed by atoms with Crippen LogP contribution in [0.4, 0.5) is 4.79 Å². The third-order valence-corrected chi connectivity index (χ3v) is 5.75. The van der Waals surface area contributed by atoms with Crippen LogP contribution in [0, 0.1) is 6.92 Å². The Balaban J connectivity index is 1.30. The summed E-state index contributed by atoms with van der Waals surface area (Å²) in [6.45, 7) is 3.98. The molecule has 0 saturated heterocycles. The average molecular weight is 362 g/mol. The smallest absolute Gasteiger partial charge is 0.314 e. The summed E-state index contributed by atoms with van der Waals surface area (Å²) in [7, 11) is 0. The Labute approximate surface area is 159 Å². The minimum Gasteiger partial charge on any atom is -0.337 e. The number of nitrogens with one attached hydrogen (secondary N) is 2. The van der Waals surface area contributed by atoms with Gasteiger partial charge in [-0.3, -0.25) is 0 Å². The van der Waals surface area contributed by atoms with E-state index in [2.05, 4.69) is 50.5 Å². The Hall–Kier alpha value is -2.82. The normalized spacial score (nSPS) is 15.3. The second kappa shape index (κ2) is 7.43. The molecule has 1 aliphatic carbocycles. The van der Waals surface area contributed by atoms with Gasteiger partial charge in [0.05, 0.1) is 11.0 Å². The Kier molecular flexibility index (Phi) is 4.84. The first-order valence-electron chi connectivity index (χ1n) is 9.67. The lowest BCUT2D eigenvalue weighted by molar-refractivity contribution is 0.214. The van der Waals surface area contributed by atoms with E-state index in [1.54, 1.807) is 0 Å². The Morgan fingerprint density at radius 1 is 1.07 bits per heavy atom. The summed E-state index contributed by atoms with van der Waals surface area (Å²) in [5, 5.41) is 6.07. The van der Waals surface area contributed by atoms with E-state index in [0.29, 0.717) is 19.6 Å². The van der Waals surface area contributed by atoms with Gasteiger partial charge in [-0.25, -0.2) is 9.78 Å². The monoisotopic (exact) mass is 362 g/mol. The van der Waals surface area contributed by atoms with Gasteiger partial charge >= 0.3 is 6.03 Å². The number of amides is 2. The number of urea groups is 1. The fourth-order valence-electron chi connectivity index (χ4n) is 4.03. The number of nitrogens with zero attached hydrogens (tertiary/aromatic N) is 2. The van der Waals surface area contributed by atoms with Gasteiger partial charge in [0.2, 0.25) is 0 Å². The standard InChI is InChI=1S/C22H26N4O/c1-17-25-19-10-5-6-11-20(19)26(17)15-14-23-21(27)24-16-22(12-7-13-22)18-8-3-2-4-9-18/h2-6,8-11H,7,12-16H2,1H3,(H2,23,24,27). The third kappa shape index (κ3) is 3.54. The number of imidazole rings is 1. The van der Waals surface area contributed by atoms with Crippen LogP contribution in [0.25, 0.3) is 11.0 Å². The third-order valence-electron chi connectivity index (χ3n) is 5.75. The molecular formula is C22H26N4O. The van der Waals surface area contributed by atoms with Crippen molar-refractivity contribution in [2.45, 2.75) is 38.1 Å². The van der Waals surface area contributed by atoms with Gasteiger partial charge < -0.3 is 15.2 Å². The van der Waals surface area contributed by atoms with Crippen LogP contribution in [0.2, 0.25) is 0 Å². The van der Waals surface area contributed by atoms with Crippen LogP contribution in [-0.2, 0) is 12.0 Å². The highest BCUT2D eigenvalue weighted by atomic mass is 16.2. The van der Waals surface area contributed by atoms with E-state index in [1.807, 2.05) is 31.2 Å². The number of carbonyl (C=O) groups is 1. The number of hydrogen-bond acceptors (Lipinski definition) is 2.